The number of hydrogen-bond donors (Lipinski definition) is 1. The highest BCUT2D eigenvalue weighted by Crippen LogP contribution is 2.24. The van der Waals surface area contributed by atoms with E-state index in [0.29, 0.717) is 5.69 Å². The summed E-state index contributed by atoms with van der Waals surface area (Å²) in [5, 5.41) is 13.8. The molecule has 152 valence electrons. The van der Waals surface area contributed by atoms with Crippen LogP contribution in [0, 0.1) is 10.1 Å². The molecular formula is C20H20ClN3O5. The Kier molecular flexibility index (Phi) is 6.66. The zero-order chi connectivity index (χ0) is 20.8. The lowest BCUT2D eigenvalue weighted by Gasteiger charge is -2.28. The van der Waals surface area contributed by atoms with Crippen LogP contribution in [0.15, 0.2) is 42.5 Å². The Hall–Kier alpha value is -3.13. The second-order valence-corrected chi connectivity index (χ2v) is 7.07. The highest BCUT2D eigenvalue weighted by Gasteiger charge is 2.22. The quantitative estimate of drug-likeness (QED) is 0.432. The number of piperidine rings is 1. The lowest BCUT2D eigenvalue weighted by atomic mass is 10.1. The van der Waals surface area contributed by atoms with E-state index >= 15 is 0 Å². The number of carbonyl (C=O) groups excluding carboxylic acids is 2. The number of rotatable bonds is 6. The number of nitro groups is 1. The minimum Gasteiger partial charge on any atom is -0.452 e. The van der Waals surface area contributed by atoms with Gasteiger partial charge in [0.1, 0.15) is 5.56 Å². The van der Waals surface area contributed by atoms with Gasteiger partial charge in [0, 0.05) is 35.6 Å². The van der Waals surface area contributed by atoms with Crippen molar-refractivity contribution in [2.45, 2.75) is 19.3 Å². The van der Waals surface area contributed by atoms with E-state index in [1.165, 1.54) is 25.3 Å². The van der Waals surface area contributed by atoms with Crippen LogP contribution >= 0.6 is 11.6 Å². The third-order valence-corrected chi connectivity index (χ3v) is 4.82. The lowest BCUT2D eigenvalue weighted by molar-refractivity contribution is -0.385. The summed E-state index contributed by atoms with van der Waals surface area (Å²) in [6, 6.07) is 11.0. The first-order chi connectivity index (χ1) is 13.9. The predicted octanol–water partition coefficient (Wildman–Crippen LogP) is 4.03. The summed E-state index contributed by atoms with van der Waals surface area (Å²) >= 11 is 5.79. The molecule has 0 saturated carbocycles. The van der Waals surface area contributed by atoms with Gasteiger partial charge in [-0.2, -0.15) is 0 Å². The van der Waals surface area contributed by atoms with Crippen LogP contribution in [0.2, 0.25) is 5.02 Å². The highest BCUT2D eigenvalue weighted by molar-refractivity contribution is 6.31. The van der Waals surface area contributed by atoms with Crippen molar-refractivity contribution < 1.29 is 19.2 Å². The maximum Gasteiger partial charge on any atom is 0.345 e. The van der Waals surface area contributed by atoms with Crippen molar-refractivity contribution >= 4 is 40.5 Å². The SMILES string of the molecule is O=C(COC(=O)c1cc(Cl)ccc1[N+](=O)[O-])Nc1ccc(N2CCCCC2)cc1. The molecule has 0 atom stereocenters. The largest absolute Gasteiger partial charge is 0.452 e. The number of nitro benzene ring substituents is 1. The molecule has 0 bridgehead atoms. The fourth-order valence-electron chi connectivity index (χ4n) is 3.14. The molecule has 0 spiro atoms. The fourth-order valence-corrected chi connectivity index (χ4v) is 3.32. The number of carbonyl (C=O) groups is 2. The molecule has 1 aliphatic rings. The fraction of sp³-hybridized carbons (Fsp3) is 0.300. The molecular weight excluding hydrogens is 398 g/mol. The van der Waals surface area contributed by atoms with Gasteiger partial charge in [-0.25, -0.2) is 4.79 Å². The van der Waals surface area contributed by atoms with Gasteiger partial charge in [0.2, 0.25) is 0 Å². The average Bonchev–Trinajstić information content (AvgIpc) is 2.73. The van der Waals surface area contributed by atoms with Crippen molar-refractivity contribution in [1.29, 1.82) is 0 Å². The highest BCUT2D eigenvalue weighted by atomic mass is 35.5. The summed E-state index contributed by atoms with van der Waals surface area (Å²) in [5.41, 5.74) is 0.928. The van der Waals surface area contributed by atoms with Crippen LogP contribution in [0.5, 0.6) is 0 Å². The third-order valence-electron chi connectivity index (χ3n) is 4.58. The van der Waals surface area contributed by atoms with Gasteiger partial charge in [-0.15, -0.1) is 0 Å². The first-order valence-corrected chi connectivity index (χ1v) is 9.58. The van der Waals surface area contributed by atoms with Crippen molar-refractivity contribution in [2.24, 2.45) is 0 Å². The molecule has 3 rings (SSSR count). The van der Waals surface area contributed by atoms with Crippen LogP contribution in [-0.2, 0) is 9.53 Å². The van der Waals surface area contributed by atoms with E-state index in [1.807, 2.05) is 12.1 Å². The summed E-state index contributed by atoms with van der Waals surface area (Å²) in [6.07, 6.45) is 3.60. The monoisotopic (exact) mass is 417 g/mol. The van der Waals surface area contributed by atoms with Crippen LogP contribution in [0.3, 0.4) is 0 Å². The Morgan fingerprint density at radius 1 is 1.10 bits per heavy atom. The summed E-state index contributed by atoms with van der Waals surface area (Å²) < 4.78 is 4.90. The van der Waals surface area contributed by atoms with E-state index in [9.17, 15) is 19.7 Å². The third kappa shape index (κ3) is 5.45. The normalized spacial score (nSPS) is 13.6. The number of amides is 1. The maximum absolute atomic E-state index is 12.1. The van der Waals surface area contributed by atoms with Gasteiger partial charge in [0.05, 0.1) is 4.92 Å². The summed E-state index contributed by atoms with van der Waals surface area (Å²) in [7, 11) is 0. The van der Waals surface area contributed by atoms with Gasteiger partial charge in [0.25, 0.3) is 11.6 Å². The van der Waals surface area contributed by atoms with Gasteiger partial charge in [-0.3, -0.25) is 14.9 Å². The van der Waals surface area contributed by atoms with E-state index < -0.39 is 29.1 Å². The van der Waals surface area contributed by atoms with E-state index in [1.54, 1.807) is 12.1 Å². The smallest absolute Gasteiger partial charge is 0.345 e. The molecule has 2 aromatic carbocycles. The molecule has 1 N–H and O–H groups in total. The number of nitrogens with zero attached hydrogens (tertiary/aromatic N) is 2. The molecule has 0 unspecified atom stereocenters. The van der Waals surface area contributed by atoms with Gasteiger partial charge in [-0.05, 0) is 55.7 Å². The van der Waals surface area contributed by atoms with Gasteiger partial charge < -0.3 is 15.0 Å². The van der Waals surface area contributed by atoms with Crippen LogP contribution in [0.4, 0.5) is 17.1 Å². The Labute approximate surface area is 172 Å². The Balaban J connectivity index is 1.55. The molecule has 1 heterocycles. The first kappa shape index (κ1) is 20.6. The van der Waals surface area contributed by atoms with E-state index in [4.69, 9.17) is 16.3 Å². The summed E-state index contributed by atoms with van der Waals surface area (Å²) in [4.78, 5) is 36.8. The Bertz CT molecular complexity index is 911. The van der Waals surface area contributed by atoms with Gasteiger partial charge in [-0.1, -0.05) is 11.6 Å². The molecule has 1 aliphatic heterocycles. The molecule has 1 saturated heterocycles. The second kappa shape index (κ2) is 9.38. The molecule has 0 aliphatic carbocycles. The number of anilines is 2. The van der Waals surface area contributed by atoms with Crippen LogP contribution in [0.1, 0.15) is 29.6 Å². The van der Waals surface area contributed by atoms with Crippen LogP contribution < -0.4 is 10.2 Å². The van der Waals surface area contributed by atoms with Crippen LogP contribution in [0.25, 0.3) is 0 Å². The van der Waals surface area contributed by atoms with Crippen molar-refractivity contribution in [3.63, 3.8) is 0 Å². The molecule has 29 heavy (non-hydrogen) atoms. The van der Waals surface area contributed by atoms with E-state index in [2.05, 4.69) is 10.2 Å². The van der Waals surface area contributed by atoms with Crippen molar-refractivity contribution in [3.8, 4) is 0 Å². The Morgan fingerprint density at radius 2 is 1.79 bits per heavy atom. The topological polar surface area (TPSA) is 102 Å². The first-order valence-electron chi connectivity index (χ1n) is 9.20. The zero-order valence-electron chi connectivity index (χ0n) is 15.6. The Morgan fingerprint density at radius 3 is 2.45 bits per heavy atom. The number of nitrogens with one attached hydrogen (secondary N) is 1. The number of halogens is 1. The molecule has 1 amide bonds. The maximum atomic E-state index is 12.1. The van der Waals surface area contributed by atoms with Crippen molar-refractivity contribution in [1.82, 2.24) is 0 Å². The molecule has 9 heteroatoms. The number of benzene rings is 2. The number of esters is 1. The molecule has 2 aromatic rings. The van der Waals surface area contributed by atoms with Crippen molar-refractivity contribution in [2.75, 3.05) is 29.9 Å². The summed E-state index contributed by atoms with van der Waals surface area (Å²) in [6.45, 7) is 1.48. The number of hydrogen-bond acceptors (Lipinski definition) is 6. The lowest BCUT2D eigenvalue weighted by Crippen LogP contribution is -2.29. The average molecular weight is 418 g/mol. The molecule has 8 nitrogen and oxygen atoms in total. The number of ether oxygens (including phenoxy) is 1. The second-order valence-electron chi connectivity index (χ2n) is 6.64. The van der Waals surface area contributed by atoms with Gasteiger partial charge in [0.15, 0.2) is 6.61 Å². The summed E-state index contributed by atoms with van der Waals surface area (Å²) in [5.74, 6) is -1.54. The van der Waals surface area contributed by atoms with Crippen LogP contribution in [-0.4, -0.2) is 36.5 Å². The zero-order valence-corrected chi connectivity index (χ0v) is 16.4. The molecule has 0 aromatic heterocycles. The predicted molar refractivity (Wildman–Crippen MR) is 110 cm³/mol. The molecule has 0 radical (unpaired) electrons. The van der Waals surface area contributed by atoms with E-state index in [-0.39, 0.29) is 10.6 Å². The van der Waals surface area contributed by atoms with E-state index in [0.717, 1.165) is 30.9 Å². The standard InChI is InChI=1S/C20H20ClN3O5/c21-14-4-9-18(24(27)28)17(12-14)20(26)29-13-19(25)22-15-5-7-16(8-6-15)23-10-2-1-3-11-23/h4-9,12H,1-3,10-11,13H2,(H,22,25). The van der Waals surface area contributed by atoms with Crippen molar-refractivity contribution in [3.05, 3.63) is 63.2 Å². The minimum atomic E-state index is -0.991. The minimum absolute atomic E-state index is 0.154. The molecule has 1 fully saturated rings. The van der Waals surface area contributed by atoms with Gasteiger partial charge >= 0.3 is 5.97 Å².